The van der Waals surface area contributed by atoms with Crippen LogP contribution < -0.4 is 0 Å². The third-order valence-electron chi connectivity index (χ3n) is 7.05. The Balaban J connectivity index is 2.18. The molecule has 0 heterocycles. The lowest BCUT2D eigenvalue weighted by atomic mass is 9.61. The number of Topliss-reactive ketones (excluding diaryl/α,β-unsaturated/α-hetero) is 1. The van der Waals surface area contributed by atoms with Crippen LogP contribution in [0.25, 0.3) is 0 Å². The van der Waals surface area contributed by atoms with Crippen molar-refractivity contribution in [2.45, 2.75) is 93.9 Å². The van der Waals surface area contributed by atoms with E-state index < -0.39 is 0 Å². The van der Waals surface area contributed by atoms with Crippen LogP contribution in [0, 0.1) is 16.7 Å². The van der Waals surface area contributed by atoms with E-state index in [9.17, 15) is 4.79 Å². The summed E-state index contributed by atoms with van der Waals surface area (Å²) in [5, 5.41) is 0. The first-order valence-electron chi connectivity index (χ1n) is 12.0. The summed E-state index contributed by atoms with van der Waals surface area (Å²) in [5.41, 5.74) is 6.65. The van der Waals surface area contributed by atoms with E-state index in [1.54, 1.807) is 0 Å². The Morgan fingerprint density at radius 3 is 2.13 bits per heavy atom. The van der Waals surface area contributed by atoms with Gasteiger partial charge in [0.25, 0.3) is 0 Å². The number of carbonyl (C=O) groups excluding carboxylic acids is 1. The van der Waals surface area contributed by atoms with Gasteiger partial charge in [0.15, 0.2) is 0 Å². The Bertz CT molecular complexity index is 849. The molecule has 2 bridgehead atoms. The predicted octanol–water partition coefficient (Wildman–Crippen LogP) is 8.86. The first-order chi connectivity index (χ1) is 14.5. The summed E-state index contributed by atoms with van der Waals surface area (Å²) in [6.45, 7) is 17.6. The summed E-state index contributed by atoms with van der Waals surface area (Å²) >= 11 is 0. The zero-order valence-electron chi connectivity index (χ0n) is 21.3. The summed E-state index contributed by atoms with van der Waals surface area (Å²) in [6, 6.07) is 0. The molecule has 3 atom stereocenters. The van der Waals surface area contributed by atoms with Gasteiger partial charge in [0.2, 0.25) is 0 Å². The monoisotopic (exact) mass is 420 g/mol. The highest BCUT2D eigenvalue weighted by Gasteiger charge is 2.54. The Labute approximate surface area is 191 Å². The molecule has 2 aliphatic carbocycles. The van der Waals surface area contributed by atoms with Crippen LogP contribution in [-0.2, 0) is 4.79 Å². The van der Waals surface area contributed by atoms with Crippen molar-refractivity contribution in [3.63, 3.8) is 0 Å². The smallest absolute Gasteiger partial charge is 0.143 e. The van der Waals surface area contributed by atoms with Gasteiger partial charge in [-0.15, -0.1) is 0 Å². The van der Waals surface area contributed by atoms with E-state index in [1.165, 1.54) is 27.9 Å². The van der Waals surface area contributed by atoms with Crippen molar-refractivity contribution in [3.8, 4) is 0 Å². The van der Waals surface area contributed by atoms with Crippen molar-refractivity contribution in [2.24, 2.45) is 16.7 Å². The summed E-state index contributed by atoms with van der Waals surface area (Å²) in [5.74, 6) is 0.695. The van der Waals surface area contributed by atoms with Crippen LogP contribution in [0.3, 0.4) is 0 Å². The molecule has 0 N–H and O–H groups in total. The zero-order chi connectivity index (χ0) is 23.2. The molecule has 170 valence electrons. The van der Waals surface area contributed by atoms with Crippen molar-refractivity contribution in [1.82, 2.24) is 0 Å². The first-order valence-corrected chi connectivity index (χ1v) is 12.0. The summed E-state index contributed by atoms with van der Waals surface area (Å²) < 4.78 is 0. The molecule has 1 nitrogen and oxygen atoms in total. The van der Waals surface area contributed by atoms with E-state index in [4.69, 9.17) is 0 Å². The molecular formula is C30H44O. The average Bonchev–Trinajstić information content (AvgIpc) is 2.89. The van der Waals surface area contributed by atoms with Crippen LogP contribution in [0.4, 0.5) is 0 Å². The second-order valence-corrected chi connectivity index (χ2v) is 10.9. The van der Waals surface area contributed by atoms with E-state index in [-0.39, 0.29) is 10.8 Å². The molecule has 0 aromatic rings. The fourth-order valence-electron chi connectivity index (χ4n) is 5.09. The van der Waals surface area contributed by atoms with Gasteiger partial charge in [0.05, 0.1) is 0 Å². The molecule has 0 aromatic carbocycles. The van der Waals surface area contributed by atoms with E-state index in [2.05, 4.69) is 97.9 Å². The Morgan fingerprint density at radius 1 is 0.968 bits per heavy atom. The number of hydrogen-bond donors (Lipinski definition) is 0. The van der Waals surface area contributed by atoms with Crippen LogP contribution in [0.15, 0.2) is 70.4 Å². The maximum atomic E-state index is 13.0. The maximum Gasteiger partial charge on any atom is 0.143 e. The molecule has 1 fully saturated rings. The highest BCUT2D eigenvalue weighted by Crippen LogP contribution is 2.59. The van der Waals surface area contributed by atoms with Gasteiger partial charge in [0, 0.05) is 17.3 Å². The second-order valence-electron chi connectivity index (χ2n) is 10.9. The normalized spacial score (nSPS) is 28.7. The lowest BCUT2D eigenvalue weighted by Crippen LogP contribution is -2.39. The van der Waals surface area contributed by atoms with Crippen molar-refractivity contribution < 1.29 is 4.79 Å². The first kappa shape index (κ1) is 25.4. The molecule has 0 amide bonds. The fraction of sp³-hybridized carbons (Fsp3) is 0.567. The van der Waals surface area contributed by atoms with Gasteiger partial charge in [0.1, 0.15) is 5.78 Å². The Morgan fingerprint density at radius 2 is 1.55 bits per heavy atom. The number of rotatable bonds is 9. The molecule has 31 heavy (non-hydrogen) atoms. The average molecular weight is 421 g/mol. The minimum absolute atomic E-state index is 0.0424. The standard InChI is InChI=1S/C30H44O/c1-22(2)12-9-14-24(5)15-11-17-26-20-29(7)21-30(26,8)27(19-28(29)31)18-25(6)16-10-13-23(3)4/h11-13,15,17-18,20,27H,9-10,14,16,19,21H2,1-8H3/b17-11+,24-15+,25-18+. The third kappa shape index (κ3) is 6.79. The zero-order valence-corrected chi connectivity index (χ0v) is 21.3. The lowest BCUT2D eigenvalue weighted by molar-refractivity contribution is -0.130. The van der Waals surface area contributed by atoms with Crippen molar-refractivity contribution >= 4 is 5.78 Å². The van der Waals surface area contributed by atoms with Gasteiger partial charge in [-0.25, -0.2) is 0 Å². The van der Waals surface area contributed by atoms with E-state index in [1.807, 2.05) is 0 Å². The number of ketones is 1. The van der Waals surface area contributed by atoms with Crippen molar-refractivity contribution in [1.29, 1.82) is 0 Å². The molecule has 0 aromatic heterocycles. The van der Waals surface area contributed by atoms with Crippen LogP contribution in [0.5, 0.6) is 0 Å². The highest BCUT2D eigenvalue weighted by molar-refractivity contribution is 5.89. The Kier molecular flexibility index (Phi) is 8.69. The molecule has 0 aliphatic heterocycles. The highest BCUT2D eigenvalue weighted by atomic mass is 16.1. The number of fused-ring (bicyclic) bond motifs is 2. The topological polar surface area (TPSA) is 17.1 Å². The van der Waals surface area contributed by atoms with Gasteiger partial charge in [-0.05, 0) is 92.1 Å². The van der Waals surface area contributed by atoms with Crippen LogP contribution in [-0.4, -0.2) is 5.78 Å². The van der Waals surface area contributed by atoms with Gasteiger partial charge < -0.3 is 0 Å². The quantitative estimate of drug-likeness (QED) is 0.269. The number of allylic oxidation sites excluding steroid dienone is 12. The van der Waals surface area contributed by atoms with Gasteiger partial charge in [-0.2, -0.15) is 0 Å². The predicted molar refractivity (Wildman–Crippen MR) is 136 cm³/mol. The SMILES string of the molecule is CC(C)=CCC/C(C)=C/C=C/C1=CC2(C)CC1(C)C(/C=C(\C)CCC=C(C)C)CC2=O. The van der Waals surface area contributed by atoms with Crippen molar-refractivity contribution in [3.05, 3.63) is 70.4 Å². The molecule has 3 unspecified atom stereocenters. The fourth-order valence-corrected chi connectivity index (χ4v) is 5.09. The lowest BCUT2D eigenvalue weighted by Gasteiger charge is -2.41. The van der Waals surface area contributed by atoms with Gasteiger partial charge in [-0.3, -0.25) is 4.79 Å². The largest absolute Gasteiger partial charge is 0.299 e. The number of carbonyl (C=O) groups is 1. The molecule has 1 heteroatoms. The molecule has 2 aliphatic rings. The third-order valence-corrected chi connectivity index (χ3v) is 7.05. The minimum atomic E-state index is -0.295. The van der Waals surface area contributed by atoms with Crippen LogP contribution in [0.2, 0.25) is 0 Å². The second kappa shape index (κ2) is 10.6. The summed E-state index contributed by atoms with van der Waals surface area (Å²) in [7, 11) is 0. The summed E-state index contributed by atoms with van der Waals surface area (Å²) in [4.78, 5) is 13.0. The van der Waals surface area contributed by atoms with E-state index >= 15 is 0 Å². The molecular weight excluding hydrogens is 376 g/mol. The Hall–Kier alpha value is -1.89. The summed E-state index contributed by atoms with van der Waals surface area (Å²) in [6.07, 6.45) is 21.9. The van der Waals surface area contributed by atoms with E-state index in [0.29, 0.717) is 18.1 Å². The van der Waals surface area contributed by atoms with Crippen molar-refractivity contribution in [2.75, 3.05) is 0 Å². The van der Waals surface area contributed by atoms with Crippen LogP contribution >= 0.6 is 0 Å². The van der Waals surface area contributed by atoms with E-state index in [0.717, 1.165) is 32.1 Å². The van der Waals surface area contributed by atoms with Gasteiger partial charge >= 0.3 is 0 Å². The minimum Gasteiger partial charge on any atom is -0.299 e. The molecule has 0 spiro atoms. The molecule has 0 radical (unpaired) electrons. The van der Waals surface area contributed by atoms with Gasteiger partial charge in [-0.1, -0.05) is 71.7 Å². The molecule has 1 saturated carbocycles. The number of hydrogen-bond acceptors (Lipinski definition) is 1. The maximum absolute atomic E-state index is 13.0. The van der Waals surface area contributed by atoms with Crippen LogP contribution in [0.1, 0.15) is 93.9 Å². The molecule has 0 saturated heterocycles. The molecule has 2 rings (SSSR count).